The van der Waals surface area contributed by atoms with Gasteiger partial charge in [0, 0.05) is 32.2 Å². The van der Waals surface area contributed by atoms with Gasteiger partial charge in [-0.25, -0.2) is 0 Å². The SMILES string of the molecule is CC(C(=O)NC1C2CC3CC1CC(O)(C3)C2)N1CCNCC1. The largest absolute Gasteiger partial charge is 0.390 e. The molecule has 0 aromatic carbocycles. The molecule has 3 N–H and O–H groups in total. The number of rotatable bonds is 3. The van der Waals surface area contributed by atoms with Crippen molar-refractivity contribution in [3.05, 3.63) is 0 Å². The maximum absolute atomic E-state index is 12.7. The smallest absolute Gasteiger partial charge is 0.237 e. The Bertz CT molecular complexity index is 433. The van der Waals surface area contributed by atoms with Crippen LogP contribution in [0.5, 0.6) is 0 Å². The summed E-state index contributed by atoms with van der Waals surface area (Å²) in [4.78, 5) is 15.0. The Labute approximate surface area is 132 Å². The Kier molecular flexibility index (Phi) is 3.70. The van der Waals surface area contributed by atoms with Crippen LogP contribution in [-0.2, 0) is 4.79 Å². The molecule has 5 aliphatic rings. The van der Waals surface area contributed by atoms with Crippen molar-refractivity contribution in [2.45, 2.75) is 56.7 Å². The molecule has 0 aromatic heterocycles. The van der Waals surface area contributed by atoms with Crippen molar-refractivity contribution >= 4 is 5.91 Å². The van der Waals surface area contributed by atoms with Gasteiger partial charge in [0.25, 0.3) is 0 Å². The van der Waals surface area contributed by atoms with Gasteiger partial charge in [-0.2, -0.15) is 0 Å². The molecule has 1 amide bonds. The molecule has 4 aliphatic carbocycles. The van der Waals surface area contributed by atoms with E-state index in [2.05, 4.69) is 15.5 Å². The average molecular weight is 307 g/mol. The van der Waals surface area contributed by atoms with Gasteiger partial charge < -0.3 is 15.7 Å². The summed E-state index contributed by atoms with van der Waals surface area (Å²) in [7, 11) is 0. The Morgan fingerprint density at radius 3 is 2.45 bits per heavy atom. The normalized spacial score (nSPS) is 45.7. The van der Waals surface area contributed by atoms with Gasteiger partial charge in [0.1, 0.15) is 0 Å². The monoisotopic (exact) mass is 307 g/mol. The predicted molar refractivity (Wildman–Crippen MR) is 84.3 cm³/mol. The minimum Gasteiger partial charge on any atom is -0.390 e. The fourth-order valence-corrected chi connectivity index (χ4v) is 5.74. The summed E-state index contributed by atoms with van der Waals surface area (Å²) in [5.41, 5.74) is -0.415. The molecular weight excluding hydrogens is 278 g/mol. The summed E-state index contributed by atoms with van der Waals surface area (Å²) in [5.74, 6) is 1.87. The summed E-state index contributed by atoms with van der Waals surface area (Å²) in [6.45, 7) is 5.88. The van der Waals surface area contributed by atoms with E-state index in [1.54, 1.807) is 0 Å². The van der Waals surface area contributed by atoms with E-state index >= 15 is 0 Å². The van der Waals surface area contributed by atoms with Crippen LogP contribution in [0.3, 0.4) is 0 Å². The van der Waals surface area contributed by atoms with Gasteiger partial charge in [0.15, 0.2) is 0 Å². The maximum atomic E-state index is 12.7. The molecule has 0 radical (unpaired) electrons. The summed E-state index contributed by atoms with van der Waals surface area (Å²) < 4.78 is 0. The minimum atomic E-state index is -0.415. The molecule has 1 aliphatic heterocycles. The van der Waals surface area contributed by atoms with Crippen LogP contribution in [0.4, 0.5) is 0 Å². The minimum absolute atomic E-state index is 0.0395. The van der Waals surface area contributed by atoms with E-state index in [0.29, 0.717) is 23.8 Å². The standard InChI is InChI=1S/C17H29N3O2/c1-11(20-4-2-18-3-5-20)16(21)19-15-13-6-12-7-14(15)10-17(22,8-12)9-13/h11-15,18,22H,2-10H2,1H3,(H,19,21). The first kappa shape index (κ1) is 14.9. The van der Waals surface area contributed by atoms with Crippen molar-refractivity contribution in [3.8, 4) is 0 Å². The number of carbonyl (C=O) groups is 1. The van der Waals surface area contributed by atoms with Crippen molar-refractivity contribution < 1.29 is 9.90 Å². The highest BCUT2D eigenvalue weighted by atomic mass is 16.3. The molecule has 22 heavy (non-hydrogen) atoms. The van der Waals surface area contributed by atoms with Crippen LogP contribution in [0.1, 0.15) is 39.0 Å². The van der Waals surface area contributed by atoms with Gasteiger partial charge in [-0.15, -0.1) is 0 Å². The second-order valence-electron chi connectivity index (χ2n) is 8.19. The Hall–Kier alpha value is -0.650. The van der Waals surface area contributed by atoms with Crippen LogP contribution in [-0.4, -0.2) is 59.8 Å². The number of carbonyl (C=O) groups excluding carboxylic acids is 1. The number of nitrogens with one attached hydrogen (secondary N) is 2. The van der Waals surface area contributed by atoms with E-state index in [1.807, 2.05) is 6.92 Å². The van der Waals surface area contributed by atoms with Crippen LogP contribution in [0.15, 0.2) is 0 Å². The predicted octanol–water partition coefficient (Wildman–Crippen LogP) is 0.336. The van der Waals surface area contributed by atoms with Crippen LogP contribution in [0.2, 0.25) is 0 Å². The van der Waals surface area contributed by atoms with Crippen molar-refractivity contribution in [1.82, 2.24) is 15.5 Å². The summed E-state index contributed by atoms with van der Waals surface area (Å²) >= 11 is 0. The first-order chi connectivity index (χ1) is 10.5. The van der Waals surface area contributed by atoms with Crippen molar-refractivity contribution in [2.24, 2.45) is 17.8 Å². The first-order valence-corrected chi connectivity index (χ1v) is 9.02. The molecule has 5 heteroatoms. The lowest BCUT2D eigenvalue weighted by Gasteiger charge is -2.58. The molecule has 124 valence electrons. The molecule has 5 nitrogen and oxygen atoms in total. The Morgan fingerprint density at radius 2 is 1.86 bits per heavy atom. The maximum Gasteiger partial charge on any atom is 0.237 e. The summed E-state index contributed by atoms with van der Waals surface area (Å²) in [5, 5.41) is 17.3. The summed E-state index contributed by atoms with van der Waals surface area (Å²) in [6.07, 6.45) is 5.19. The van der Waals surface area contributed by atoms with Gasteiger partial charge >= 0.3 is 0 Å². The van der Waals surface area contributed by atoms with Gasteiger partial charge in [-0.1, -0.05) is 0 Å². The van der Waals surface area contributed by atoms with E-state index in [1.165, 1.54) is 12.8 Å². The zero-order valence-corrected chi connectivity index (χ0v) is 13.6. The fourth-order valence-electron chi connectivity index (χ4n) is 5.74. The molecule has 0 spiro atoms. The third-order valence-corrected chi connectivity index (χ3v) is 6.63. The first-order valence-electron chi connectivity index (χ1n) is 9.02. The van der Waals surface area contributed by atoms with Gasteiger partial charge in [-0.05, 0) is 56.8 Å². The van der Waals surface area contributed by atoms with Crippen molar-refractivity contribution in [3.63, 3.8) is 0 Å². The lowest BCUT2D eigenvalue weighted by atomic mass is 9.52. The topological polar surface area (TPSA) is 64.6 Å². The van der Waals surface area contributed by atoms with E-state index < -0.39 is 5.60 Å². The van der Waals surface area contributed by atoms with Crippen molar-refractivity contribution in [2.75, 3.05) is 26.2 Å². The lowest BCUT2D eigenvalue weighted by molar-refractivity contribution is -0.148. The third-order valence-electron chi connectivity index (χ3n) is 6.63. The molecule has 5 fully saturated rings. The second-order valence-corrected chi connectivity index (χ2v) is 8.19. The Balaban J connectivity index is 1.40. The second kappa shape index (κ2) is 5.46. The van der Waals surface area contributed by atoms with Crippen molar-refractivity contribution in [1.29, 1.82) is 0 Å². The molecular formula is C17H29N3O2. The van der Waals surface area contributed by atoms with Gasteiger partial charge in [-0.3, -0.25) is 9.69 Å². The van der Waals surface area contributed by atoms with E-state index in [9.17, 15) is 9.90 Å². The third kappa shape index (κ3) is 2.57. The molecule has 1 heterocycles. The highest BCUT2D eigenvalue weighted by molar-refractivity contribution is 5.81. The average Bonchev–Trinajstić information content (AvgIpc) is 2.49. The Morgan fingerprint density at radius 1 is 1.23 bits per heavy atom. The number of piperazine rings is 1. The molecule has 1 saturated heterocycles. The number of aliphatic hydroxyl groups is 1. The van der Waals surface area contributed by atoms with E-state index in [0.717, 1.165) is 45.4 Å². The van der Waals surface area contributed by atoms with Crippen LogP contribution < -0.4 is 10.6 Å². The molecule has 3 atom stereocenters. The molecule has 0 aromatic rings. The quantitative estimate of drug-likeness (QED) is 0.703. The lowest BCUT2D eigenvalue weighted by Crippen LogP contribution is -2.63. The molecule has 4 bridgehead atoms. The van der Waals surface area contributed by atoms with Gasteiger partial charge in [0.05, 0.1) is 11.6 Å². The molecule has 3 unspecified atom stereocenters. The number of hydrogen-bond acceptors (Lipinski definition) is 4. The molecule has 5 rings (SSSR count). The molecule has 4 saturated carbocycles. The van der Waals surface area contributed by atoms with Crippen LogP contribution in [0, 0.1) is 17.8 Å². The number of amides is 1. The van der Waals surface area contributed by atoms with Crippen LogP contribution >= 0.6 is 0 Å². The highest BCUT2D eigenvalue weighted by Gasteiger charge is 2.55. The number of hydrogen-bond donors (Lipinski definition) is 3. The zero-order chi connectivity index (χ0) is 15.3. The number of nitrogens with zero attached hydrogens (tertiary/aromatic N) is 1. The van der Waals surface area contributed by atoms with Gasteiger partial charge in [0.2, 0.25) is 5.91 Å². The highest BCUT2D eigenvalue weighted by Crippen LogP contribution is 2.55. The summed E-state index contributed by atoms with van der Waals surface area (Å²) in [6, 6.07) is 0.261. The van der Waals surface area contributed by atoms with E-state index in [4.69, 9.17) is 0 Å². The van der Waals surface area contributed by atoms with Crippen LogP contribution in [0.25, 0.3) is 0 Å². The van der Waals surface area contributed by atoms with E-state index in [-0.39, 0.29) is 11.9 Å². The zero-order valence-electron chi connectivity index (χ0n) is 13.6. The fraction of sp³-hybridized carbons (Fsp3) is 0.941.